The van der Waals surface area contributed by atoms with Crippen LogP contribution in [0.4, 0.5) is 5.69 Å². The lowest BCUT2D eigenvalue weighted by Crippen LogP contribution is -2.00. The van der Waals surface area contributed by atoms with Gasteiger partial charge in [-0.1, -0.05) is 30.3 Å². The highest BCUT2D eigenvalue weighted by atomic mass is 15.1. The summed E-state index contributed by atoms with van der Waals surface area (Å²) >= 11 is 0. The van der Waals surface area contributed by atoms with E-state index in [1.807, 2.05) is 22.8 Å². The maximum Gasteiger partial charge on any atom is 0.179 e. The number of nitrogens with two attached hydrogens (primary N) is 1. The Kier molecular flexibility index (Phi) is 2.26. The van der Waals surface area contributed by atoms with Crippen molar-refractivity contribution >= 4 is 16.9 Å². The van der Waals surface area contributed by atoms with E-state index in [1.54, 1.807) is 18.6 Å². The average molecular weight is 224 g/mol. The van der Waals surface area contributed by atoms with E-state index in [2.05, 4.69) is 22.1 Å². The van der Waals surface area contributed by atoms with Gasteiger partial charge in [-0.15, -0.1) is 0 Å². The first kappa shape index (κ1) is 9.84. The van der Waals surface area contributed by atoms with Crippen LogP contribution in [0.25, 0.3) is 11.2 Å². The standard InChI is InChI=1S/C13H12N4/c14-11-6-7-15-13-12(11)17(9-16-13)8-10-4-2-1-3-5-10/h1-7,9H,8H2,(H2,14,15). The molecule has 0 saturated heterocycles. The van der Waals surface area contributed by atoms with Crippen molar-refractivity contribution in [3.05, 3.63) is 54.5 Å². The molecule has 0 radical (unpaired) electrons. The Bertz CT molecular complexity index is 643. The van der Waals surface area contributed by atoms with Gasteiger partial charge in [0, 0.05) is 12.7 Å². The first-order chi connectivity index (χ1) is 8.34. The molecule has 3 aromatic rings. The van der Waals surface area contributed by atoms with Crippen molar-refractivity contribution in [2.24, 2.45) is 0 Å². The largest absolute Gasteiger partial charge is 0.397 e. The molecule has 2 heterocycles. The smallest absolute Gasteiger partial charge is 0.179 e. The number of aromatic nitrogens is 3. The Morgan fingerprint density at radius 1 is 1.06 bits per heavy atom. The molecule has 17 heavy (non-hydrogen) atoms. The number of anilines is 1. The monoisotopic (exact) mass is 224 g/mol. The van der Waals surface area contributed by atoms with Crippen LogP contribution in [0.15, 0.2) is 48.9 Å². The Labute approximate surface area is 98.7 Å². The van der Waals surface area contributed by atoms with E-state index in [0.717, 1.165) is 12.1 Å². The highest BCUT2D eigenvalue weighted by molar-refractivity contribution is 5.84. The van der Waals surface area contributed by atoms with Crippen LogP contribution < -0.4 is 5.73 Å². The van der Waals surface area contributed by atoms with Crippen LogP contribution in [-0.2, 0) is 6.54 Å². The molecule has 0 aliphatic heterocycles. The lowest BCUT2D eigenvalue weighted by molar-refractivity contribution is 0.825. The lowest BCUT2D eigenvalue weighted by atomic mass is 10.2. The SMILES string of the molecule is Nc1ccnc2ncn(Cc3ccccc3)c12. The van der Waals surface area contributed by atoms with Gasteiger partial charge in [-0.2, -0.15) is 0 Å². The Hall–Kier alpha value is -2.36. The minimum atomic E-state index is 0.695. The summed E-state index contributed by atoms with van der Waals surface area (Å²) in [6.07, 6.45) is 3.46. The zero-order valence-electron chi connectivity index (χ0n) is 9.24. The van der Waals surface area contributed by atoms with Gasteiger partial charge in [0.1, 0.15) is 5.52 Å². The molecule has 0 aliphatic carbocycles. The minimum Gasteiger partial charge on any atom is -0.397 e. The Morgan fingerprint density at radius 3 is 2.71 bits per heavy atom. The number of imidazole rings is 1. The van der Waals surface area contributed by atoms with Crippen molar-refractivity contribution in [3.8, 4) is 0 Å². The average Bonchev–Trinajstić information content (AvgIpc) is 2.75. The molecule has 4 nitrogen and oxygen atoms in total. The quantitative estimate of drug-likeness (QED) is 0.724. The molecule has 0 amide bonds. The second-order valence-electron chi connectivity index (χ2n) is 3.93. The van der Waals surface area contributed by atoms with Gasteiger partial charge < -0.3 is 10.3 Å². The first-order valence-electron chi connectivity index (χ1n) is 5.44. The van der Waals surface area contributed by atoms with E-state index >= 15 is 0 Å². The van der Waals surface area contributed by atoms with Gasteiger partial charge in [0.05, 0.1) is 12.0 Å². The predicted octanol–water partition coefficient (Wildman–Crippen LogP) is 2.06. The zero-order chi connectivity index (χ0) is 11.7. The lowest BCUT2D eigenvalue weighted by Gasteiger charge is -2.05. The summed E-state index contributed by atoms with van der Waals surface area (Å²) < 4.78 is 2.02. The van der Waals surface area contributed by atoms with Crippen molar-refractivity contribution in [3.63, 3.8) is 0 Å². The summed E-state index contributed by atoms with van der Waals surface area (Å²) in [7, 11) is 0. The van der Waals surface area contributed by atoms with Gasteiger partial charge >= 0.3 is 0 Å². The van der Waals surface area contributed by atoms with Crippen LogP contribution in [0.1, 0.15) is 5.56 Å². The fraction of sp³-hybridized carbons (Fsp3) is 0.0769. The van der Waals surface area contributed by atoms with Gasteiger partial charge in [0.2, 0.25) is 0 Å². The zero-order valence-corrected chi connectivity index (χ0v) is 9.24. The van der Waals surface area contributed by atoms with E-state index < -0.39 is 0 Å². The third-order valence-electron chi connectivity index (χ3n) is 2.74. The second kappa shape index (κ2) is 3.90. The Morgan fingerprint density at radius 2 is 1.88 bits per heavy atom. The third-order valence-corrected chi connectivity index (χ3v) is 2.74. The number of hydrogen-bond acceptors (Lipinski definition) is 3. The number of nitrogen functional groups attached to an aromatic ring is 1. The summed E-state index contributed by atoms with van der Waals surface area (Å²) in [6.45, 7) is 0.757. The number of benzene rings is 1. The summed E-state index contributed by atoms with van der Waals surface area (Å²) in [4.78, 5) is 8.44. The summed E-state index contributed by atoms with van der Waals surface area (Å²) in [5, 5.41) is 0. The van der Waals surface area contributed by atoms with E-state index in [0.29, 0.717) is 11.3 Å². The van der Waals surface area contributed by atoms with Crippen LogP contribution in [-0.4, -0.2) is 14.5 Å². The van der Waals surface area contributed by atoms with Crippen LogP contribution in [0.2, 0.25) is 0 Å². The molecule has 0 aliphatic rings. The molecule has 0 bridgehead atoms. The number of fused-ring (bicyclic) bond motifs is 1. The third kappa shape index (κ3) is 1.73. The van der Waals surface area contributed by atoms with Gasteiger partial charge in [-0.25, -0.2) is 9.97 Å². The molecular formula is C13H12N4. The fourth-order valence-corrected chi connectivity index (χ4v) is 1.93. The van der Waals surface area contributed by atoms with Gasteiger partial charge in [-0.3, -0.25) is 0 Å². The molecule has 2 N–H and O–H groups in total. The molecule has 0 fully saturated rings. The van der Waals surface area contributed by atoms with E-state index in [4.69, 9.17) is 5.73 Å². The molecule has 0 atom stereocenters. The van der Waals surface area contributed by atoms with Crippen molar-refractivity contribution in [2.75, 3.05) is 5.73 Å². The van der Waals surface area contributed by atoms with E-state index in [9.17, 15) is 0 Å². The van der Waals surface area contributed by atoms with E-state index in [1.165, 1.54) is 5.56 Å². The molecular weight excluding hydrogens is 212 g/mol. The molecule has 0 spiro atoms. The molecule has 2 aromatic heterocycles. The van der Waals surface area contributed by atoms with Crippen LogP contribution in [0.5, 0.6) is 0 Å². The number of pyridine rings is 1. The summed E-state index contributed by atoms with van der Waals surface area (Å²) in [5.74, 6) is 0. The maximum atomic E-state index is 5.95. The first-order valence-corrected chi connectivity index (χ1v) is 5.44. The second-order valence-corrected chi connectivity index (χ2v) is 3.93. The number of rotatable bonds is 2. The Balaban J connectivity index is 2.07. The normalized spacial score (nSPS) is 10.8. The number of nitrogens with zero attached hydrogens (tertiary/aromatic N) is 3. The fourth-order valence-electron chi connectivity index (χ4n) is 1.93. The predicted molar refractivity (Wildman–Crippen MR) is 67.5 cm³/mol. The van der Waals surface area contributed by atoms with Gasteiger partial charge in [-0.05, 0) is 11.6 Å². The van der Waals surface area contributed by atoms with Gasteiger partial charge in [0.25, 0.3) is 0 Å². The molecule has 4 heteroatoms. The summed E-state index contributed by atoms with van der Waals surface area (Å²) in [6, 6.07) is 12.0. The van der Waals surface area contributed by atoms with Crippen LogP contribution >= 0.6 is 0 Å². The minimum absolute atomic E-state index is 0.695. The van der Waals surface area contributed by atoms with E-state index in [-0.39, 0.29) is 0 Å². The topological polar surface area (TPSA) is 56.7 Å². The van der Waals surface area contributed by atoms with Crippen molar-refractivity contribution < 1.29 is 0 Å². The van der Waals surface area contributed by atoms with Crippen molar-refractivity contribution in [2.45, 2.75) is 6.54 Å². The van der Waals surface area contributed by atoms with Gasteiger partial charge in [0.15, 0.2) is 5.65 Å². The van der Waals surface area contributed by atoms with Crippen molar-refractivity contribution in [1.82, 2.24) is 14.5 Å². The molecule has 1 aromatic carbocycles. The maximum absolute atomic E-state index is 5.95. The highest BCUT2D eigenvalue weighted by Crippen LogP contribution is 2.18. The highest BCUT2D eigenvalue weighted by Gasteiger charge is 2.06. The molecule has 0 saturated carbocycles. The number of hydrogen-bond donors (Lipinski definition) is 1. The van der Waals surface area contributed by atoms with Crippen molar-refractivity contribution in [1.29, 1.82) is 0 Å². The van der Waals surface area contributed by atoms with Crippen LogP contribution in [0, 0.1) is 0 Å². The molecule has 0 unspecified atom stereocenters. The summed E-state index contributed by atoms with van der Waals surface area (Å²) in [5.41, 5.74) is 9.48. The molecule has 84 valence electrons. The van der Waals surface area contributed by atoms with Crippen LogP contribution in [0.3, 0.4) is 0 Å². The molecule has 3 rings (SSSR count).